The van der Waals surface area contributed by atoms with Crippen molar-refractivity contribution in [1.29, 1.82) is 0 Å². The number of halogens is 5. The maximum absolute atomic E-state index is 13.5. The Balaban J connectivity index is 1.78. The van der Waals surface area contributed by atoms with Gasteiger partial charge in [-0.15, -0.1) is 0 Å². The zero-order valence-corrected chi connectivity index (χ0v) is 18.5. The van der Waals surface area contributed by atoms with Crippen LogP contribution >= 0.6 is 0 Å². The van der Waals surface area contributed by atoms with Crippen LogP contribution in [0.2, 0.25) is 0 Å². The van der Waals surface area contributed by atoms with Crippen molar-refractivity contribution in [3.63, 3.8) is 0 Å². The molecule has 0 aromatic carbocycles. The van der Waals surface area contributed by atoms with E-state index in [1.807, 2.05) is 0 Å². The van der Waals surface area contributed by atoms with Crippen LogP contribution in [0.1, 0.15) is 61.8 Å². The van der Waals surface area contributed by atoms with E-state index in [-0.39, 0.29) is 17.3 Å². The lowest BCUT2D eigenvalue weighted by atomic mass is 9.84. The Morgan fingerprint density at radius 3 is 2.53 bits per heavy atom. The smallest absolute Gasteiger partial charge is 0.267 e. The lowest BCUT2D eigenvalue weighted by Gasteiger charge is -2.22. The van der Waals surface area contributed by atoms with Gasteiger partial charge in [0.2, 0.25) is 0 Å². The van der Waals surface area contributed by atoms with Crippen LogP contribution in [0.25, 0.3) is 11.3 Å². The molecule has 182 valence electrons. The largest absolute Gasteiger partial charge is 0.418 e. The van der Waals surface area contributed by atoms with Crippen molar-refractivity contribution >= 4 is 0 Å². The Morgan fingerprint density at radius 1 is 1.12 bits per heavy atom. The molecule has 6 nitrogen and oxygen atoms in total. The van der Waals surface area contributed by atoms with Gasteiger partial charge in [-0.05, 0) is 37.0 Å². The van der Waals surface area contributed by atoms with Crippen molar-refractivity contribution in [2.45, 2.75) is 70.1 Å². The fourth-order valence-corrected chi connectivity index (χ4v) is 4.35. The first-order chi connectivity index (χ1) is 16.0. The average molecular weight is 481 g/mol. The zero-order chi connectivity index (χ0) is 24.5. The van der Waals surface area contributed by atoms with Crippen molar-refractivity contribution in [1.82, 2.24) is 24.5 Å². The highest BCUT2D eigenvalue weighted by Crippen LogP contribution is 2.33. The Morgan fingerprint density at radius 2 is 1.85 bits per heavy atom. The Bertz CT molecular complexity index is 1210. The Kier molecular flexibility index (Phi) is 6.55. The van der Waals surface area contributed by atoms with Crippen LogP contribution in [-0.4, -0.2) is 30.5 Å². The molecule has 0 bridgehead atoms. The molecule has 1 aliphatic rings. The summed E-state index contributed by atoms with van der Waals surface area (Å²) in [7, 11) is 0. The van der Waals surface area contributed by atoms with E-state index in [1.165, 1.54) is 24.7 Å². The van der Waals surface area contributed by atoms with Gasteiger partial charge in [0.05, 0.1) is 29.7 Å². The second-order valence-corrected chi connectivity index (χ2v) is 8.77. The Labute approximate surface area is 192 Å². The minimum atomic E-state index is -4.64. The minimum Gasteiger partial charge on any atom is -0.267 e. The van der Waals surface area contributed by atoms with Gasteiger partial charge in [-0.3, -0.25) is 14.5 Å². The molecule has 1 aliphatic carbocycles. The predicted octanol–water partition coefficient (Wildman–Crippen LogP) is 5.27. The van der Waals surface area contributed by atoms with E-state index in [0.717, 1.165) is 54.5 Å². The highest BCUT2D eigenvalue weighted by molar-refractivity contribution is 5.57. The number of alkyl halides is 5. The highest BCUT2D eigenvalue weighted by atomic mass is 19.4. The third-order valence-corrected chi connectivity index (χ3v) is 5.91. The number of hydrogen-bond acceptors (Lipinski definition) is 4. The number of rotatable bonds is 6. The SMILES string of the molecule is CC(F)(F)Cn1cc(-c2cc(C3CCCCC3)c(=O)n(Cc3ncccc3C(F)(F)F)n2)cn1. The van der Waals surface area contributed by atoms with Crippen LogP contribution in [0.3, 0.4) is 0 Å². The van der Waals surface area contributed by atoms with E-state index in [4.69, 9.17) is 0 Å². The molecule has 0 aliphatic heterocycles. The van der Waals surface area contributed by atoms with Gasteiger partial charge in [0.1, 0.15) is 6.54 Å². The normalized spacial score (nSPS) is 15.6. The molecule has 0 N–H and O–H groups in total. The summed E-state index contributed by atoms with van der Waals surface area (Å²) in [4.78, 5) is 17.1. The molecule has 0 unspecified atom stereocenters. The number of nitrogens with zero attached hydrogens (tertiary/aromatic N) is 5. The molecule has 3 aromatic rings. The molecule has 0 amide bonds. The van der Waals surface area contributed by atoms with E-state index >= 15 is 0 Å². The van der Waals surface area contributed by atoms with Crippen LogP contribution in [0.4, 0.5) is 22.0 Å². The quantitative estimate of drug-likeness (QED) is 0.450. The summed E-state index contributed by atoms with van der Waals surface area (Å²) < 4.78 is 69.3. The maximum atomic E-state index is 13.5. The molecule has 4 rings (SSSR count). The second kappa shape index (κ2) is 9.27. The fourth-order valence-electron chi connectivity index (χ4n) is 4.35. The molecular formula is C23H24F5N5O. The highest BCUT2D eigenvalue weighted by Gasteiger charge is 2.34. The number of pyridine rings is 1. The van der Waals surface area contributed by atoms with Crippen molar-refractivity contribution < 1.29 is 22.0 Å². The predicted molar refractivity (Wildman–Crippen MR) is 115 cm³/mol. The summed E-state index contributed by atoms with van der Waals surface area (Å²) in [5.41, 5.74) is -0.587. The lowest BCUT2D eigenvalue weighted by molar-refractivity contribution is -0.138. The molecule has 1 fully saturated rings. The van der Waals surface area contributed by atoms with Gasteiger partial charge in [0, 0.05) is 30.4 Å². The van der Waals surface area contributed by atoms with Crippen molar-refractivity contribution in [2.24, 2.45) is 0 Å². The minimum absolute atomic E-state index is 0.0462. The van der Waals surface area contributed by atoms with Crippen molar-refractivity contribution in [3.05, 3.63) is 64.0 Å². The summed E-state index contributed by atoms with van der Waals surface area (Å²) in [5.74, 6) is -3.02. The molecule has 0 saturated heterocycles. The van der Waals surface area contributed by atoms with Crippen LogP contribution in [-0.2, 0) is 19.3 Å². The van der Waals surface area contributed by atoms with Crippen LogP contribution in [0, 0.1) is 0 Å². The van der Waals surface area contributed by atoms with E-state index in [1.54, 1.807) is 6.07 Å². The standard InChI is InChI=1S/C23H24F5N5O/c1-22(24,25)14-32-12-16(11-30-32)19-10-17(15-6-3-2-4-7-15)21(34)33(31-19)13-20-18(23(26,27)28)8-5-9-29-20/h5,8-12,15H,2-4,6-7,13-14H2,1H3. The first-order valence-corrected chi connectivity index (χ1v) is 11.0. The molecule has 0 atom stereocenters. The molecular weight excluding hydrogens is 457 g/mol. The fraction of sp³-hybridized carbons (Fsp3) is 0.478. The van der Waals surface area contributed by atoms with Crippen LogP contribution in [0.15, 0.2) is 41.6 Å². The summed E-state index contributed by atoms with van der Waals surface area (Å²) >= 11 is 0. The summed E-state index contributed by atoms with van der Waals surface area (Å²) in [6, 6.07) is 3.71. The maximum Gasteiger partial charge on any atom is 0.418 e. The van der Waals surface area contributed by atoms with Gasteiger partial charge in [-0.2, -0.15) is 23.4 Å². The van der Waals surface area contributed by atoms with Crippen LogP contribution in [0.5, 0.6) is 0 Å². The third-order valence-electron chi connectivity index (χ3n) is 5.91. The van der Waals surface area contributed by atoms with Crippen LogP contribution < -0.4 is 5.56 Å². The summed E-state index contributed by atoms with van der Waals surface area (Å²) in [6.07, 6.45) is 3.88. The van der Waals surface area contributed by atoms with E-state index in [2.05, 4.69) is 15.2 Å². The third kappa shape index (κ3) is 5.51. The van der Waals surface area contributed by atoms with Crippen molar-refractivity contribution in [3.8, 4) is 11.3 Å². The van der Waals surface area contributed by atoms with Gasteiger partial charge in [-0.1, -0.05) is 19.3 Å². The van der Waals surface area contributed by atoms with E-state index in [9.17, 15) is 26.7 Å². The first kappa shape index (κ1) is 24.0. The second-order valence-electron chi connectivity index (χ2n) is 8.77. The molecule has 11 heteroatoms. The molecule has 34 heavy (non-hydrogen) atoms. The average Bonchev–Trinajstić information content (AvgIpc) is 3.22. The van der Waals surface area contributed by atoms with Gasteiger partial charge < -0.3 is 0 Å². The van der Waals surface area contributed by atoms with Gasteiger partial charge in [0.25, 0.3) is 11.5 Å². The topological polar surface area (TPSA) is 65.6 Å². The number of hydrogen-bond donors (Lipinski definition) is 0. The molecule has 3 heterocycles. The van der Waals surface area contributed by atoms with Gasteiger partial charge >= 0.3 is 6.18 Å². The van der Waals surface area contributed by atoms with Crippen molar-refractivity contribution in [2.75, 3.05) is 0 Å². The van der Waals surface area contributed by atoms with Gasteiger partial charge in [0.15, 0.2) is 0 Å². The molecule has 1 saturated carbocycles. The number of aromatic nitrogens is 5. The first-order valence-electron chi connectivity index (χ1n) is 11.0. The Hall–Kier alpha value is -3.11. The molecule has 3 aromatic heterocycles. The van der Waals surface area contributed by atoms with E-state index in [0.29, 0.717) is 11.1 Å². The summed E-state index contributed by atoms with van der Waals surface area (Å²) in [6.45, 7) is -0.326. The molecule has 0 radical (unpaired) electrons. The van der Waals surface area contributed by atoms with Gasteiger partial charge in [-0.25, -0.2) is 13.5 Å². The van der Waals surface area contributed by atoms with E-state index < -0.39 is 36.3 Å². The summed E-state index contributed by atoms with van der Waals surface area (Å²) in [5, 5.41) is 8.23. The molecule has 0 spiro atoms. The monoisotopic (exact) mass is 481 g/mol. The lowest BCUT2D eigenvalue weighted by Crippen LogP contribution is -2.30. The zero-order valence-electron chi connectivity index (χ0n) is 18.5.